The monoisotopic (exact) mass is 487 g/mol. The largest absolute Gasteiger partial charge is 0.448 e. The van der Waals surface area contributed by atoms with E-state index in [1.807, 2.05) is 81.4 Å². The highest BCUT2D eigenvalue weighted by molar-refractivity contribution is 7.87. The molecule has 3 rings (SSSR count). The highest BCUT2D eigenvalue weighted by Crippen LogP contribution is 2.23. The van der Waals surface area contributed by atoms with Crippen molar-refractivity contribution < 1.29 is 17.9 Å². The Morgan fingerprint density at radius 3 is 2.32 bits per heavy atom. The zero-order valence-electron chi connectivity index (χ0n) is 20.4. The topological polar surface area (TPSA) is 79.0 Å². The van der Waals surface area contributed by atoms with E-state index in [1.54, 1.807) is 4.90 Å². The molecule has 1 amide bonds. The standard InChI is InChI=1S/C26H37N3O4S/c1-4-26(2,3)27-34(31,32)29-18-11-16-24(29)21-33-25(30)28(20-23-14-9-6-10-15-23)19-17-22-12-7-5-8-13-22/h5-10,12-15,24,27H,4,11,16-21H2,1-3H3. The third-order valence-corrected chi connectivity index (χ3v) is 8.22. The lowest BCUT2D eigenvalue weighted by atomic mass is 10.0. The summed E-state index contributed by atoms with van der Waals surface area (Å²) in [5.41, 5.74) is 1.63. The van der Waals surface area contributed by atoms with E-state index in [1.165, 1.54) is 4.31 Å². The van der Waals surface area contributed by atoms with Gasteiger partial charge in [0.25, 0.3) is 10.2 Å². The summed E-state index contributed by atoms with van der Waals surface area (Å²) in [6.45, 7) is 7.10. The smallest absolute Gasteiger partial charge is 0.410 e. The lowest BCUT2D eigenvalue weighted by Gasteiger charge is -2.31. The highest BCUT2D eigenvalue weighted by atomic mass is 32.2. The second-order valence-electron chi connectivity index (χ2n) is 9.47. The lowest BCUT2D eigenvalue weighted by Crippen LogP contribution is -2.52. The van der Waals surface area contributed by atoms with Gasteiger partial charge in [0.15, 0.2) is 0 Å². The first-order valence-electron chi connectivity index (χ1n) is 12.0. The summed E-state index contributed by atoms with van der Waals surface area (Å²) in [5.74, 6) is 0. The quantitative estimate of drug-likeness (QED) is 0.511. The fourth-order valence-corrected chi connectivity index (χ4v) is 5.87. The van der Waals surface area contributed by atoms with Crippen molar-refractivity contribution in [3.05, 3.63) is 71.8 Å². The van der Waals surface area contributed by atoms with Gasteiger partial charge >= 0.3 is 6.09 Å². The molecule has 1 aliphatic heterocycles. The fourth-order valence-electron chi connectivity index (χ4n) is 3.98. The van der Waals surface area contributed by atoms with Crippen LogP contribution in [-0.4, -0.2) is 55.0 Å². The van der Waals surface area contributed by atoms with E-state index in [4.69, 9.17) is 4.74 Å². The Labute approximate surface area is 204 Å². The van der Waals surface area contributed by atoms with Gasteiger partial charge in [0.2, 0.25) is 0 Å². The van der Waals surface area contributed by atoms with Crippen LogP contribution in [0.3, 0.4) is 0 Å². The summed E-state index contributed by atoms with van der Waals surface area (Å²) >= 11 is 0. The van der Waals surface area contributed by atoms with Gasteiger partial charge in [-0.2, -0.15) is 17.4 Å². The van der Waals surface area contributed by atoms with Crippen LogP contribution >= 0.6 is 0 Å². The van der Waals surface area contributed by atoms with Gasteiger partial charge in [0, 0.05) is 25.2 Å². The van der Waals surface area contributed by atoms with Crippen LogP contribution in [0.2, 0.25) is 0 Å². The summed E-state index contributed by atoms with van der Waals surface area (Å²) in [5, 5.41) is 0. The SMILES string of the molecule is CCC(C)(C)NS(=O)(=O)N1CCCC1COC(=O)N(CCc1ccccc1)Cc1ccccc1. The minimum Gasteiger partial charge on any atom is -0.448 e. The molecule has 0 spiro atoms. The number of carbonyl (C=O) groups is 1. The summed E-state index contributed by atoms with van der Waals surface area (Å²) in [6.07, 6.45) is 2.38. The normalized spacial score (nSPS) is 17.0. The van der Waals surface area contributed by atoms with Gasteiger partial charge in [-0.05, 0) is 50.7 Å². The van der Waals surface area contributed by atoms with Crippen LogP contribution in [0.5, 0.6) is 0 Å². The first-order chi connectivity index (χ1) is 16.2. The molecule has 186 valence electrons. The van der Waals surface area contributed by atoms with Gasteiger partial charge in [-0.25, -0.2) is 4.79 Å². The zero-order chi connectivity index (χ0) is 24.6. The van der Waals surface area contributed by atoms with Crippen LogP contribution in [0.25, 0.3) is 0 Å². The number of carbonyl (C=O) groups excluding carboxylic acids is 1. The van der Waals surface area contributed by atoms with Crippen LogP contribution in [0.1, 0.15) is 51.2 Å². The molecule has 1 fully saturated rings. The van der Waals surface area contributed by atoms with Gasteiger partial charge in [-0.3, -0.25) is 0 Å². The second kappa shape index (κ2) is 11.8. The molecule has 2 aromatic rings. The van der Waals surface area contributed by atoms with Gasteiger partial charge in [-0.15, -0.1) is 0 Å². The Bertz CT molecular complexity index is 1010. The average Bonchev–Trinajstić information content (AvgIpc) is 3.31. The Morgan fingerprint density at radius 2 is 1.71 bits per heavy atom. The molecule has 1 unspecified atom stereocenters. The number of nitrogens with zero attached hydrogens (tertiary/aromatic N) is 2. The molecule has 1 heterocycles. The molecule has 2 aromatic carbocycles. The van der Waals surface area contributed by atoms with Crippen molar-refractivity contribution in [2.75, 3.05) is 19.7 Å². The van der Waals surface area contributed by atoms with E-state index in [9.17, 15) is 13.2 Å². The Morgan fingerprint density at radius 1 is 1.09 bits per heavy atom. The van der Waals surface area contributed by atoms with E-state index in [0.717, 1.165) is 17.5 Å². The number of hydrogen-bond acceptors (Lipinski definition) is 4. The molecule has 0 saturated carbocycles. The van der Waals surface area contributed by atoms with Crippen LogP contribution in [0.15, 0.2) is 60.7 Å². The number of rotatable bonds is 11. The Balaban J connectivity index is 1.64. The average molecular weight is 488 g/mol. The molecule has 0 aliphatic carbocycles. The van der Waals surface area contributed by atoms with Crippen LogP contribution < -0.4 is 4.72 Å². The minimum atomic E-state index is -3.66. The molecular weight excluding hydrogens is 450 g/mol. The first-order valence-corrected chi connectivity index (χ1v) is 13.4. The van der Waals surface area contributed by atoms with E-state index in [0.29, 0.717) is 38.9 Å². The molecule has 34 heavy (non-hydrogen) atoms. The molecule has 0 radical (unpaired) electrons. The Hall–Kier alpha value is -2.42. The molecule has 8 heteroatoms. The maximum atomic E-state index is 13.1. The summed E-state index contributed by atoms with van der Waals surface area (Å²) in [7, 11) is -3.66. The fraction of sp³-hybridized carbons (Fsp3) is 0.500. The van der Waals surface area contributed by atoms with Gasteiger partial charge in [-0.1, -0.05) is 67.6 Å². The van der Waals surface area contributed by atoms with E-state index >= 15 is 0 Å². The summed E-state index contributed by atoms with van der Waals surface area (Å²) < 4.78 is 35.8. The predicted octanol–water partition coefficient (Wildman–Crippen LogP) is 4.36. The van der Waals surface area contributed by atoms with Gasteiger partial charge in [0.1, 0.15) is 6.61 Å². The molecular formula is C26H37N3O4S. The van der Waals surface area contributed by atoms with Crippen molar-refractivity contribution in [2.24, 2.45) is 0 Å². The molecule has 1 N–H and O–H groups in total. The first kappa shape index (κ1) is 26.2. The zero-order valence-corrected chi connectivity index (χ0v) is 21.3. The maximum Gasteiger partial charge on any atom is 0.410 e. The summed E-state index contributed by atoms with van der Waals surface area (Å²) in [4.78, 5) is 14.8. The number of hydrogen-bond donors (Lipinski definition) is 1. The van der Waals surface area contributed by atoms with Crippen molar-refractivity contribution in [2.45, 2.75) is 64.6 Å². The van der Waals surface area contributed by atoms with Crippen molar-refractivity contribution in [1.29, 1.82) is 0 Å². The van der Waals surface area contributed by atoms with Crippen LogP contribution in [0, 0.1) is 0 Å². The lowest BCUT2D eigenvalue weighted by molar-refractivity contribution is 0.0851. The Kier molecular flexibility index (Phi) is 9.10. The molecule has 1 aliphatic rings. The van der Waals surface area contributed by atoms with Crippen molar-refractivity contribution in [3.63, 3.8) is 0 Å². The number of benzene rings is 2. The van der Waals surface area contributed by atoms with E-state index in [2.05, 4.69) is 4.72 Å². The third kappa shape index (κ3) is 7.55. The highest BCUT2D eigenvalue weighted by Gasteiger charge is 2.37. The van der Waals surface area contributed by atoms with Crippen molar-refractivity contribution in [1.82, 2.24) is 13.9 Å². The number of ether oxygens (including phenoxy) is 1. The van der Waals surface area contributed by atoms with Gasteiger partial charge in [0.05, 0.1) is 6.04 Å². The molecule has 0 bridgehead atoms. The molecule has 1 saturated heterocycles. The molecule has 1 atom stereocenters. The second-order valence-corrected chi connectivity index (χ2v) is 11.1. The van der Waals surface area contributed by atoms with Crippen molar-refractivity contribution in [3.8, 4) is 0 Å². The van der Waals surface area contributed by atoms with Gasteiger partial charge < -0.3 is 9.64 Å². The van der Waals surface area contributed by atoms with Crippen molar-refractivity contribution >= 4 is 16.3 Å². The van der Waals surface area contributed by atoms with Crippen LogP contribution in [-0.2, 0) is 27.9 Å². The van der Waals surface area contributed by atoms with E-state index < -0.39 is 21.8 Å². The maximum absolute atomic E-state index is 13.1. The van der Waals surface area contributed by atoms with E-state index in [-0.39, 0.29) is 12.6 Å². The third-order valence-electron chi connectivity index (χ3n) is 6.31. The molecule has 7 nitrogen and oxygen atoms in total. The molecule has 0 aromatic heterocycles. The predicted molar refractivity (Wildman–Crippen MR) is 134 cm³/mol. The van der Waals surface area contributed by atoms with Crippen LogP contribution in [0.4, 0.5) is 4.79 Å². The number of amides is 1. The minimum absolute atomic E-state index is 0.0446. The summed E-state index contributed by atoms with van der Waals surface area (Å²) in [6, 6.07) is 19.5. The number of nitrogens with one attached hydrogen (secondary N) is 1.